The van der Waals surface area contributed by atoms with Crippen LogP contribution in [0.3, 0.4) is 0 Å². The van der Waals surface area contributed by atoms with Crippen LogP contribution in [0.15, 0.2) is 23.3 Å². The summed E-state index contributed by atoms with van der Waals surface area (Å²) >= 11 is 0. The Morgan fingerprint density at radius 1 is 1.29 bits per heavy atom. The predicted octanol–water partition coefficient (Wildman–Crippen LogP) is 2.96. The largest absolute Gasteiger partial charge is 0.370 e. The Kier molecular flexibility index (Phi) is 9.66. The van der Waals surface area contributed by atoms with Gasteiger partial charge < -0.3 is 16.4 Å². The molecule has 0 aromatic carbocycles. The van der Waals surface area contributed by atoms with Crippen molar-refractivity contribution in [1.29, 1.82) is 0 Å². The summed E-state index contributed by atoms with van der Waals surface area (Å²) in [5.74, 6) is 0.902. The summed E-state index contributed by atoms with van der Waals surface area (Å²) in [4.78, 5) is 20.2. The van der Waals surface area contributed by atoms with Crippen LogP contribution in [0, 0.1) is 6.92 Å². The fourth-order valence-corrected chi connectivity index (χ4v) is 2.70. The van der Waals surface area contributed by atoms with Gasteiger partial charge in [0, 0.05) is 18.7 Å². The minimum absolute atomic E-state index is 0. The number of aliphatic imine (C=N–C) groups is 1. The fourth-order valence-electron chi connectivity index (χ4n) is 2.70. The number of rotatable bonds is 5. The molecule has 134 valence electrons. The van der Waals surface area contributed by atoms with Crippen molar-refractivity contribution >= 4 is 41.7 Å². The van der Waals surface area contributed by atoms with Crippen molar-refractivity contribution in [3.8, 4) is 0 Å². The highest BCUT2D eigenvalue weighted by Crippen LogP contribution is 2.16. The maximum atomic E-state index is 11.8. The molecule has 1 amide bonds. The highest BCUT2D eigenvalue weighted by molar-refractivity contribution is 14.0. The third-order valence-electron chi connectivity index (χ3n) is 4.01. The molecule has 24 heavy (non-hydrogen) atoms. The quantitative estimate of drug-likeness (QED) is 0.281. The third-order valence-corrected chi connectivity index (χ3v) is 4.01. The molecule has 0 unspecified atom stereocenters. The van der Waals surface area contributed by atoms with E-state index in [9.17, 15) is 4.79 Å². The molecule has 0 saturated heterocycles. The highest BCUT2D eigenvalue weighted by atomic mass is 127. The van der Waals surface area contributed by atoms with E-state index in [4.69, 9.17) is 5.73 Å². The highest BCUT2D eigenvalue weighted by Gasteiger charge is 2.12. The van der Waals surface area contributed by atoms with Crippen molar-refractivity contribution in [3.63, 3.8) is 0 Å². The molecule has 4 N–H and O–H groups in total. The Morgan fingerprint density at radius 2 is 2.00 bits per heavy atom. The number of amides is 1. The van der Waals surface area contributed by atoms with Crippen LogP contribution in [0.1, 0.15) is 50.5 Å². The molecular weight excluding hydrogens is 417 g/mol. The predicted molar refractivity (Wildman–Crippen MR) is 109 cm³/mol. The van der Waals surface area contributed by atoms with Crippen molar-refractivity contribution in [2.45, 2.75) is 57.9 Å². The Hall–Kier alpha value is -1.38. The summed E-state index contributed by atoms with van der Waals surface area (Å²) in [7, 11) is 0. The van der Waals surface area contributed by atoms with Gasteiger partial charge in [-0.1, -0.05) is 31.7 Å². The summed E-state index contributed by atoms with van der Waals surface area (Å²) in [6, 6.07) is 4.13. The van der Waals surface area contributed by atoms with Gasteiger partial charge in [0.2, 0.25) is 5.91 Å². The van der Waals surface area contributed by atoms with Crippen molar-refractivity contribution in [1.82, 2.24) is 10.3 Å². The summed E-state index contributed by atoms with van der Waals surface area (Å²) in [5.41, 5.74) is 6.97. The molecule has 1 aliphatic rings. The molecule has 0 bridgehead atoms. The maximum absolute atomic E-state index is 11.8. The molecule has 0 aliphatic heterocycles. The topological polar surface area (TPSA) is 92.4 Å². The zero-order valence-corrected chi connectivity index (χ0v) is 16.6. The number of nitrogens with two attached hydrogens (primary N) is 1. The SMILES string of the molecule is Cc1ccc(NC(=O)CCN=C(N)NC2CCCCCC2)nc1.I. The van der Waals surface area contributed by atoms with E-state index >= 15 is 0 Å². The van der Waals surface area contributed by atoms with Crippen molar-refractivity contribution in [2.75, 3.05) is 11.9 Å². The number of guanidine groups is 1. The molecule has 1 saturated carbocycles. The van der Waals surface area contributed by atoms with Crippen LogP contribution < -0.4 is 16.4 Å². The summed E-state index contributed by atoms with van der Waals surface area (Å²) in [5, 5.41) is 6.02. The van der Waals surface area contributed by atoms with E-state index in [-0.39, 0.29) is 29.9 Å². The minimum atomic E-state index is -0.104. The monoisotopic (exact) mass is 445 g/mol. The van der Waals surface area contributed by atoms with Gasteiger partial charge in [0.15, 0.2) is 5.96 Å². The van der Waals surface area contributed by atoms with E-state index in [0.717, 1.165) is 18.4 Å². The molecule has 0 atom stereocenters. The van der Waals surface area contributed by atoms with Crippen LogP contribution in [0.5, 0.6) is 0 Å². The lowest BCUT2D eigenvalue weighted by Crippen LogP contribution is -2.40. The van der Waals surface area contributed by atoms with Crippen LogP contribution in [0.4, 0.5) is 5.82 Å². The molecule has 6 nitrogen and oxygen atoms in total. The number of nitrogens with zero attached hydrogens (tertiary/aromatic N) is 2. The van der Waals surface area contributed by atoms with Crippen molar-refractivity contribution in [2.24, 2.45) is 10.7 Å². The maximum Gasteiger partial charge on any atom is 0.227 e. The fraction of sp³-hybridized carbons (Fsp3) is 0.588. The number of halogens is 1. The molecule has 1 aromatic heterocycles. The summed E-state index contributed by atoms with van der Waals surface area (Å²) in [6.45, 7) is 2.33. The first-order valence-electron chi connectivity index (χ1n) is 8.42. The average Bonchev–Trinajstić information content (AvgIpc) is 2.78. The molecule has 1 aromatic rings. The first kappa shape index (κ1) is 20.7. The van der Waals surface area contributed by atoms with E-state index in [2.05, 4.69) is 20.6 Å². The standard InChI is InChI=1S/C17H27N5O.HI/c1-13-8-9-15(20-12-13)22-16(23)10-11-19-17(18)21-14-6-4-2-3-5-7-14;/h8-9,12,14H,2-7,10-11H2,1H3,(H3,18,19,21)(H,20,22,23);1H. The van der Waals surface area contributed by atoms with Crippen LogP contribution >= 0.6 is 24.0 Å². The van der Waals surface area contributed by atoms with Gasteiger partial charge in [-0.25, -0.2) is 4.98 Å². The lowest BCUT2D eigenvalue weighted by atomic mass is 10.1. The molecule has 7 heteroatoms. The number of nitrogens with one attached hydrogen (secondary N) is 2. The van der Waals surface area contributed by atoms with Gasteiger partial charge in [0.25, 0.3) is 0 Å². The number of hydrogen-bond acceptors (Lipinski definition) is 3. The second-order valence-electron chi connectivity index (χ2n) is 6.12. The molecule has 2 rings (SSSR count). The number of carbonyl (C=O) groups excluding carboxylic acids is 1. The van der Waals surface area contributed by atoms with Gasteiger partial charge in [0.1, 0.15) is 5.82 Å². The van der Waals surface area contributed by atoms with Crippen LogP contribution in [-0.2, 0) is 4.79 Å². The second kappa shape index (κ2) is 11.2. The number of carbonyl (C=O) groups is 1. The van der Waals surface area contributed by atoms with Gasteiger partial charge in [-0.3, -0.25) is 9.79 Å². The Bertz CT molecular complexity index is 524. The third kappa shape index (κ3) is 7.94. The molecule has 1 aliphatic carbocycles. The van der Waals surface area contributed by atoms with Crippen molar-refractivity contribution < 1.29 is 4.79 Å². The lowest BCUT2D eigenvalue weighted by molar-refractivity contribution is -0.116. The van der Waals surface area contributed by atoms with E-state index < -0.39 is 0 Å². The zero-order valence-electron chi connectivity index (χ0n) is 14.3. The van der Waals surface area contributed by atoms with Crippen molar-refractivity contribution in [3.05, 3.63) is 23.9 Å². The smallest absolute Gasteiger partial charge is 0.227 e. The zero-order chi connectivity index (χ0) is 16.5. The first-order chi connectivity index (χ1) is 11.1. The summed E-state index contributed by atoms with van der Waals surface area (Å²) in [6.07, 6.45) is 9.43. The molecule has 0 spiro atoms. The van der Waals surface area contributed by atoms with E-state index in [1.807, 2.05) is 13.0 Å². The Morgan fingerprint density at radius 3 is 2.62 bits per heavy atom. The van der Waals surface area contributed by atoms with E-state index in [1.165, 1.54) is 25.7 Å². The number of aromatic nitrogens is 1. The number of hydrogen-bond donors (Lipinski definition) is 3. The van der Waals surface area contributed by atoms with Crippen LogP contribution in [0.2, 0.25) is 0 Å². The summed E-state index contributed by atoms with van der Waals surface area (Å²) < 4.78 is 0. The number of aryl methyl sites for hydroxylation is 1. The number of anilines is 1. The molecule has 1 heterocycles. The van der Waals surface area contributed by atoms with Gasteiger partial charge in [-0.15, -0.1) is 24.0 Å². The normalized spacial score (nSPS) is 16.0. The Balaban J connectivity index is 0.00000288. The van der Waals surface area contributed by atoms with Gasteiger partial charge >= 0.3 is 0 Å². The Labute approximate surface area is 161 Å². The van der Waals surface area contributed by atoms with E-state index in [1.54, 1.807) is 12.3 Å². The average molecular weight is 445 g/mol. The molecule has 1 fully saturated rings. The van der Waals surface area contributed by atoms with Gasteiger partial charge in [-0.2, -0.15) is 0 Å². The van der Waals surface area contributed by atoms with Gasteiger partial charge in [-0.05, 0) is 31.4 Å². The lowest BCUT2D eigenvalue weighted by Gasteiger charge is -2.16. The molecule has 0 radical (unpaired) electrons. The van der Waals surface area contributed by atoms with Crippen LogP contribution in [0.25, 0.3) is 0 Å². The number of pyridine rings is 1. The second-order valence-corrected chi connectivity index (χ2v) is 6.12. The van der Waals surface area contributed by atoms with Gasteiger partial charge in [0.05, 0.1) is 6.54 Å². The van der Waals surface area contributed by atoms with E-state index in [0.29, 0.717) is 30.8 Å². The first-order valence-corrected chi connectivity index (χ1v) is 8.42. The van der Waals surface area contributed by atoms with Crippen LogP contribution in [-0.4, -0.2) is 29.4 Å². The minimum Gasteiger partial charge on any atom is -0.370 e. The molecular formula is C17H28IN5O.